The number of carbonyl (C=O) groups is 1. The molecule has 0 aromatic carbocycles. The molecule has 0 atom stereocenters. The zero-order valence-corrected chi connectivity index (χ0v) is 11.0. The lowest BCUT2D eigenvalue weighted by Crippen LogP contribution is -2.39. The number of aromatic carboxylic acids is 1. The molecule has 7 nitrogen and oxygen atoms in total. The molecule has 1 saturated heterocycles. The van der Waals surface area contributed by atoms with Crippen LogP contribution in [0.15, 0.2) is 9.72 Å². The van der Waals surface area contributed by atoms with Crippen LogP contribution in [0.3, 0.4) is 0 Å². The van der Waals surface area contributed by atoms with Gasteiger partial charge in [-0.05, 0) is 12.8 Å². The van der Waals surface area contributed by atoms with E-state index < -0.39 is 21.7 Å². The van der Waals surface area contributed by atoms with Crippen LogP contribution in [0.1, 0.15) is 23.3 Å². The Morgan fingerprint density at radius 1 is 1.50 bits per heavy atom. The molecule has 0 bridgehead atoms. The molecule has 100 valence electrons. The molecular formula is C9H12N2O5S2. The van der Waals surface area contributed by atoms with Gasteiger partial charge in [-0.1, -0.05) is 0 Å². The summed E-state index contributed by atoms with van der Waals surface area (Å²) in [6.45, 7) is 1.00. The van der Waals surface area contributed by atoms with Crippen molar-refractivity contribution in [3.8, 4) is 0 Å². The second-order valence-electron chi connectivity index (χ2n) is 3.80. The van der Waals surface area contributed by atoms with Gasteiger partial charge in [0, 0.05) is 19.3 Å². The standard InChI is InChI=1S/C9H12N2O5S2/c12-8(13)7-9(17-5-10-7)18(14,15)11-6-1-3-16-4-2-6/h5-6,11H,1-4H2,(H,12,13). The molecule has 0 radical (unpaired) electrons. The second kappa shape index (κ2) is 5.31. The van der Waals surface area contributed by atoms with Gasteiger partial charge >= 0.3 is 5.97 Å². The van der Waals surface area contributed by atoms with Gasteiger partial charge in [-0.2, -0.15) is 0 Å². The van der Waals surface area contributed by atoms with E-state index in [1.165, 1.54) is 5.51 Å². The number of hydrogen-bond donors (Lipinski definition) is 2. The van der Waals surface area contributed by atoms with Crippen molar-refractivity contribution in [2.45, 2.75) is 23.1 Å². The van der Waals surface area contributed by atoms with Gasteiger partial charge in [0.05, 0.1) is 5.51 Å². The smallest absolute Gasteiger partial charge is 0.356 e. The number of rotatable bonds is 4. The summed E-state index contributed by atoms with van der Waals surface area (Å²) >= 11 is 0.800. The summed E-state index contributed by atoms with van der Waals surface area (Å²) in [7, 11) is -3.82. The molecule has 1 aliphatic heterocycles. The van der Waals surface area contributed by atoms with E-state index in [0.29, 0.717) is 26.1 Å². The number of aromatic nitrogens is 1. The predicted molar refractivity (Wildman–Crippen MR) is 63.2 cm³/mol. The first kappa shape index (κ1) is 13.4. The van der Waals surface area contributed by atoms with Crippen LogP contribution in [0.5, 0.6) is 0 Å². The van der Waals surface area contributed by atoms with E-state index in [-0.39, 0.29) is 10.3 Å². The molecule has 0 spiro atoms. The average Bonchev–Trinajstić information content (AvgIpc) is 2.79. The number of hydrogen-bond acceptors (Lipinski definition) is 6. The fourth-order valence-corrected chi connectivity index (χ4v) is 4.12. The molecule has 1 fully saturated rings. The van der Waals surface area contributed by atoms with Crippen molar-refractivity contribution in [2.24, 2.45) is 0 Å². The summed E-state index contributed by atoms with van der Waals surface area (Å²) in [5, 5.41) is 8.86. The second-order valence-corrected chi connectivity index (χ2v) is 6.57. The Hall–Kier alpha value is -1.03. The van der Waals surface area contributed by atoms with E-state index in [1.807, 2.05) is 0 Å². The van der Waals surface area contributed by atoms with E-state index >= 15 is 0 Å². The van der Waals surface area contributed by atoms with Crippen LogP contribution in [0, 0.1) is 0 Å². The van der Waals surface area contributed by atoms with Gasteiger partial charge in [0.1, 0.15) is 0 Å². The van der Waals surface area contributed by atoms with Crippen molar-refractivity contribution in [3.05, 3.63) is 11.2 Å². The molecule has 18 heavy (non-hydrogen) atoms. The highest BCUT2D eigenvalue weighted by Gasteiger charge is 2.28. The average molecular weight is 292 g/mol. The van der Waals surface area contributed by atoms with Crippen LogP contribution >= 0.6 is 11.3 Å². The molecule has 1 aromatic rings. The van der Waals surface area contributed by atoms with E-state index in [9.17, 15) is 13.2 Å². The van der Waals surface area contributed by atoms with Gasteiger partial charge in [-0.3, -0.25) is 0 Å². The zero-order valence-electron chi connectivity index (χ0n) is 9.33. The number of nitrogens with one attached hydrogen (secondary N) is 1. The molecule has 9 heteroatoms. The summed E-state index contributed by atoms with van der Waals surface area (Å²) in [5.74, 6) is -1.34. The van der Waals surface area contributed by atoms with Crippen LogP contribution < -0.4 is 4.72 Å². The molecule has 0 amide bonds. The monoisotopic (exact) mass is 292 g/mol. The Kier molecular flexibility index (Phi) is 3.95. The van der Waals surface area contributed by atoms with Crippen molar-refractivity contribution < 1.29 is 23.1 Å². The van der Waals surface area contributed by atoms with Crippen molar-refractivity contribution >= 4 is 27.3 Å². The Morgan fingerprint density at radius 3 is 2.78 bits per heavy atom. The normalized spacial score (nSPS) is 17.8. The highest BCUT2D eigenvalue weighted by atomic mass is 32.2. The fraction of sp³-hybridized carbons (Fsp3) is 0.556. The SMILES string of the molecule is O=C(O)c1ncsc1S(=O)(=O)NC1CCOCC1. The summed E-state index contributed by atoms with van der Waals surface area (Å²) in [4.78, 5) is 14.4. The van der Waals surface area contributed by atoms with Gasteiger partial charge < -0.3 is 9.84 Å². The molecule has 2 heterocycles. The molecule has 0 aliphatic carbocycles. The first-order chi connectivity index (χ1) is 8.50. The van der Waals surface area contributed by atoms with Gasteiger partial charge in [0.15, 0.2) is 9.90 Å². The van der Waals surface area contributed by atoms with E-state index in [2.05, 4.69) is 9.71 Å². The van der Waals surface area contributed by atoms with Crippen molar-refractivity contribution in [3.63, 3.8) is 0 Å². The largest absolute Gasteiger partial charge is 0.476 e. The van der Waals surface area contributed by atoms with Gasteiger partial charge in [-0.15, -0.1) is 11.3 Å². The van der Waals surface area contributed by atoms with Gasteiger partial charge in [-0.25, -0.2) is 22.9 Å². The minimum Gasteiger partial charge on any atom is -0.476 e. The first-order valence-electron chi connectivity index (χ1n) is 5.27. The van der Waals surface area contributed by atoms with E-state index in [1.54, 1.807) is 0 Å². The van der Waals surface area contributed by atoms with Crippen LogP contribution in [0.2, 0.25) is 0 Å². The Bertz CT molecular complexity index is 533. The van der Waals surface area contributed by atoms with Gasteiger partial charge in [0.2, 0.25) is 0 Å². The lowest BCUT2D eigenvalue weighted by Gasteiger charge is -2.22. The van der Waals surface area contributed by atoms with Crippen molar-refractivity contribution in [1.29, 1.82) is 0 Å². The number of carboxylic acid groups (broad SMARTS) is 1. The maximum atomic E-state index is 12.0. The molecule has 2 N–H and O–H groups in total. The summed E-state index contributed by atoms with van der Waals surface area (Å²) in [5.41, 5.74) is 0.779. The van der Waals surface area contributed by atoms with Crippen LogP contribution in [-0.2, 0) is 14.8 Å². The van der Waals surface area contributed by atoms with Crippen LogP contribution in [0.25, 0.3) is 0 Å². The number of ether oxygens (including phenoxy) is 1. The lowest BCUT2D eigenvalue weighted by atomic mass is 10.1. The summed E-state index contributed by atoms with van der Waals surface area (Å²) < 4.78 is 31.5. The quantitative estimate of drug-likeness (QED) is 0.826. The maximum Gasteiger partial charge on any atom is 0.356 e. The number of carboxylic acids is 1. The topological polar surface area (TPSA) is 106 Å². The van der Waals surface area contributed by atoms with Crippen LogP contribution in [0.4, 0.5) is 0 Å². The van der Waals surface area contributed by atoms with Crippen molar-refractivity contribution in [2.75, 3.05) is 13.2 Å². The minimum atomic E-state index is -3.82. The highest BCUT2D eigenvalue weighted by molar-refractivity contribution is 7.91. The molecule has 0 saturated carbocycles. The number of nitrogens with zero attached hydrogens (tertiary/aromatic N) is 1. The zero-order chi connectivity index (χ0) is 13.2. The first-order valence-corrected chi connectivity index (χ1v) is 7.64. The summed E-state index contributed by atoms with van der Waals surface area (Å²) in [6.07, 6.45) is 1.17. The number of thiazole rings is 1. The Morgan fingerprint density at radius 2 is 2.17 bits per heavy atom. The Labute approximate surface area is 108 Å². The lowest BCUT2D eigenvalue weighted by molar-refractivity contribution is 0.0686. The van der Waals surface area contributed by atoms with E-state index in [4.69, 9.17) is 9.84 Å². The Balaban J connectivity index is 2.19. The van der Waals surface area contributed by atoms with Gasteiger partial charge in [0.25, 0.3) is 10.0 Å². The molecule has 1 aliphatic rings. The number of sulfonamides is 1. The van der Waals surface area contributed by atoms with E-state index in [0.717, 1.165) is 11.3 Å². The fourth-order valence-electron chi connectivity index (χ4n) is 1.66. The molecule has 2 rings (SSSR count). The van der Waals surface area contributed by atoms with Crippen molar-refractivity contribution in [1.82, 2.24) is 9.71 Å². The molecule has 0 unspecified atom stereocenters. The summed E-state index contributed by atoms with van der Waals surface area (Å²) in [6, 6.07) is -0.215. The third kappa shape index (κ3) is 2.86. The molecular weight excluding hydrogens is 280 g/mol. The third-order valence-corrected chi connectivity index (χ3v) is 5.41. The predicted octanol–water partition coefficient (Wildman–Crippen LogP) is 0.299. The highest BCUT2D eigenvalue weighted by Crippen LogP contribution is 2.21. The third-order valence-electron chi connectivity index (χ3n) is 2.52. The maximum absolute atomic E-state index is 12.0. The minimum absolute atomic E-state index is 0.215. The molecule has 1 aromatic heterocycles. The van der Waals surface area contributed by atoms with Crippen LogP contribution in [-0.4, -0.2) is 43.7 Å².